The minimum absolute atomic E-state index is 0.00118. The van der Waals surface area contributed by atoms with E-state index in [9.17, 15) is 4.79 Å². The molecule has 21 heavy (non-hydrogen) atoms. The Morgan fingerprint density at radius 3 is 2.86 bits per heavy atom. The average molecular weight is 366 g/mol. The van der Waals surface area contributed by atoms with Crippen LogP contribution in [0.1, 0.15) is 21.5 Å². The number of hydrogen-bond donors (Lipinski definition) is 1. The van der Waals surface area contributed by atoms with Crippen LogP contribution in [-0.4, -0.2) is 17.4 Å². The predicted molar refractivity (Wildman–Crippen MR) is 88.5 cm³/mol. The maximum absolute atomic E-state index is 12.6. The molecular formula is C16H14BrClN2O. The molecular weight excluding hydrogens is 352 g/mol. The second-order valence-electron chi connectivity index (χ2n) is 5.09. The third-order valence-electron chi connectivity index (χ3n) is 3.76. The number of carbonyl (C=O) groups is 1. The van der Waals surface area contributed by atoms with Crippen molar-refractivity contribution >= 4 is 39.1 Å². The molecule has 5 heteroatoms. The van der Waals surface area contributed by atoms with Crippen LogP contribution in [0.2, 0.25) is 5.02 Å². The van der Waals surface area contributed by atoms with E-state index in [1.165, 1.54) is 5.56 Å². The Morgan fingerprint density at radius 2 is 2.10 bits per heavy atom. The van der Waals surface area contributed by atoms with Gasteiger partial charge in [-0.15, -0.1) is 0 Å². The normalized spacial score (nSPS) is 13.9. The van der Waals surface area contributed by atoms with Gasteiger partial charge in [0.15, 0.2) is 0 Å². The van der Waals surface area contributed by atoms with E-state index in [1.54, 1.807) is 18.2 Å². The maximum atomic E-state index is 12.6. The van der Waals surface area contributed by atoms with Gasteiger partial charge in [-0.2, -0.15) is 0 Å². The highest BCUT2D eigenvalue weighted by Gasteiger charge is 2.23. The van der Waals surface area contributed by atoms with E-state index in [1.807, 2.05) is 17.0 Å². The number of benzene rings is 2. The quantitative estimate of drug-likeness (QED) is 0.780. The minimum Gasteiger partial charge on any atom is -0.398 e. The van der Waals surface area contributed by atoms with Crippen molar-refractivity contribution < 1.29 is 4.79 Å². The molecule has 0 unspecified atom stereocenters. The van der Waals surface area contributed by atoms with E-state index in [0.29, 0.717) is 23.7 Å². The standard InChI is InChI=1S/C16H14BrClN2O/c17-13-8-11(4-5-14(13)18)16(21)20-7-6-10-2-1-3-15(19)12(10)9-20/h1-5,8H,6-7,9,19H2. The first-order valence-corrected chi connectivity index (χ1v) is 7.84. The summed E-state index contributed by atoms with van der Waals surface area (Å²) in [5.41, 5.74) is 9.70. The van der Waals surface area contributed by atoms with Crippen LogP contribution in [0.4, 0.5) is 5.69 Å². The number of fused-ring (bicyclic) bond motifs is 1. The first-order chi connectivity index (χ1) is 10.1. The molecule has 3 nitrogen and oxygen atoms in total. The molecule has 0 atom stereocenters. The SMILES string of the molecule is Nc1cccc2c1CN(C(=O)c1ccc(Cl)c(Br)c1)CC2. The van der Waals surface area contributed by atoms with E-state index < -0.39 is 0 Å². The molecule has 0 aromatic heterocycles. The van der Waals surface area contributed by atoms with Gasteiger partial charge in [-0.25, -0.2) is 0 Å². The summed E-state index contributed by atoms with van der Waals surface area (Å²) in [6.07, 6.45) is 0.834. The van der Waals surface area contributed by atoms with Crippen LogP contribution < -0.4 is 5.73 Å². The molecule has 1 aliphatic rings. The number of hydrogen-bond acceptors (Lipinski definition) is 2. The Labute approximate surface area is 136 Å². The number of anilines is 1. The molecule has 2 aromatic carbocycles. The fraction of sp³-hybridized carbons (Fsp3) is 0.188. The fourth-order valence-corrected chi connectivity index (χ4v) is 3.09. The molecule has 1 heterocycles. The Kier molecular flexibility index (Phi) is 3.91. The Hall–Kier alpha value is -1.52. The fourth-order valence-electron chi connectivity index (χ4n) is 2.59. The summed E-state index contributed by atoms with van der Waals surface area (Å²) in [6.45, 7) is 1.26. The van der Waals surface area contributed by atoms with E-state index in [4.69, 9.17) is 17.3 Å². The largest absolute Gasteiger partial charge is 0.398 e. The van der Waals surface area contributed by atoms with Gasteiger partial charge in [0.2, 0.25) is 0 Å². The highest BCUT2D eigenvalue weighted by atomic mass is 79.9. The molecule has 0 fully saturated rings. The lowest BCUT2D eigenvalue weighted by molar-refractivity contribution is 0.0735. The van der Waals surface area contributed by atoms with Crippen LogP contribution in [0.15, 0.2) is 40.9 Å². The zero-order valence-corrected chi connectivity index (χ0v) is 13.6. The van der Waals surface area contributed by atoms with E-state index >= 15 is 0 Å². The van der Waals surface area contributed by atoms with Crippen molar-refractivity contribution in [1.29, 1.82) is 0 Å². The van der Waals surface area contributed by atoms with E-state index in [0.717, 1.165) is 22.1 Å². The lowest BCUT2D eigenvalue weighted by atomic mass is 9.97. The molecule has 0 aliphatic carbocycles. The van der Waals surface area contributed by atoms with Gasteiger partial charge in [0.1, 0.15) is 0 Å². The van der Waals surface area contributed by atoms with Gasteiger partial charge >= 0.3 is 0 Å². The summed E-state index contributed by atoms with van der Waals surface area (Å²) in [5.74, 6) is 0.00118. The number of halogens is 2. The van der Waals surface area contributed by atoms with Gasteiger partial charge in [0.25, 0.3) is 5.91 Å². The van der Waals surface area contributed by atoms with Crippen molar-refractivity contribution in [2.75, 3.05) is 12.3 Å². The second kappa shape index (κ2) is 5.70. The number of nitrogen functional groups attached to an aromatic ring is 1. The molecule has 0 saturated carbocycles. The summed E-state index contributed by atoms with van der Waals surface area (Å²) in [4.78, 5) is 14.4. The number of rotatable bonds is 1. The van der Waals surface area contributed by atoms with E-state index in [-0.39, 0.29) is 5.91 Å². The molecule has 108 valence electrons. The average Bonchev–Trinajstić information content (AvgIpc) is 2.49. The lowest BCUT2D eigenvalue weighted by Crippen LogP contribution is -2.36. The second-order valence-corrected chi connectivity index (χ2v) is 6.35. The topological polar surface area (TPSA) is 46.3 Å². The number of amides is 1. The third-order valence-corrected chi connectivity index (χ3v) is 4.98. The summed E-state index contributed by atoms with van der Waals surface area (Å²) < 4.78 is 0.729. The highest BCUT2D eigenvalue weighted by Crippen LogP contribution is 2.27. The number of carbonyl (C=O) groups excluding carboxylic acids is 1. The van der Waals surface area contributed by atoms with Crippen LogP contribution in [-0.2, 0) is 13.0 Å². The van der Waals surface area contributed by atoms with Gasteiger partial charge in [0, 0.05) is 28.8 Å². The van der Waals surface area contributed by atoms with Crippen molar-refractivity contribution in [3.63, 3.8) is 0 Å². The molecule has 3 rings (SSSR count). The monoisotopic (exact) mass is 364 g/mol. The Balaban J connectivity index is 1.87. The number of nitrogens with two attached hydrogens (primary N) is 1. The van der Waals surface area contributed by atoms with Gasteiger partial charge in [-0.1, -0.05) is 23.7 Å². The molecule has 0 radical (unpaired) electrons. The minimum atomic E-state index is 0.00118. The van der Waals surface area contributed by atoms with Gasteiger partial charge in [0.05, 0.1) is 5.02 Å². The first-order valence-electron chi connectivity index (χ1n) is 6.67. The van der Waals surface area contributed by atoms with Crippen LogP contribution in [0.3, 0.4) is 0 Å². The molecule has 1 amide bonds. The smallest absolute Gasteiger partial charge is 0.254 e. The van der Waals surface area contributed by atoms with Crippen LogP contribution in [0.25, 0.3) is 0 Å². The highest BCUT2D eigenvalue weighted by molar-refractivity contribution is 9.10. The molecule has 2 aromatic rings. The first kappa shape index (κ1) is 14.4. The number of nitrogens with zero attached hydrogens (tertiary/aromatic N) is 1. The van der Waals surface area contributed by atoms with Gasteiger partial charge in [-0.05, 0) is 57.7 Å². The molecule has 1 aliphatic heterocycles. The summed E-state index contributed by atoms with van der Waals surface area (Å²) in [5, 5.41) is 0.597. The van der Waals surface area contributed by atoms with Crippen molar-refractivity contribution in [1.82, 2.24) is 4.90 Å². The maximum Gasteiger partial charge on any atom is 0.254 e. The van der Waals surface area contributed by atoms with Gasteiger partial charge < -0.3 is 10.6 Å². The lowest BCUT2D eigenvalue weighted by Gasteiger charge is -2.30. The molecule has 0 spiro atoms. The summed E-state index contributed by atoms with van der Waals surface area (Å²) >= 11 is 9.32. The van der Waals surface area contributed by atoms with Crippen LogP contribution in [0, 0.1) is 0 Å². The van der Waals surface area contributed by atoms with Crippen molar-refractivity contribution in [3.05, 3.63) is 62.6 Å². The van der Waals surface area contributed by atoms with Gasteiger partial charge in [-0.3, -0.25) is 4.79 Å². The molecule has 0 bridgehead atoms. The third kappa shape index (κ3) is 2.78. The zero-order chi connectivity index (χ0) is 15.0. The Morgan fingerprint density at radius 1 is 1.29 bits per heavy atom. The summed E-state index contributed by atoms with van der Waals surface area (Å²) in [7, 11) is 0. The Bertz CT molecular complexity index is 717. The van der Waals surface area contributed by atoms with Crippen molar-refractivity contribution in [2.45, 2.75) is 13.0 Å². The van der Waals surface area contributed by atoms with Crippen LogP contribution >= 0.6 is 27.5 Å². The van der Waals surface area contributed by atoms with E-state index in [2.05, 4.69) is 22.0 Å². The summed E-state index contributed by atoms with van der Waals surface area (Å²) in [6, 6.07) is 11.2. The molecule has 0 saturated heterocycles. The molecule has 2 N–H and O–H groups in total. The van der Waals surface area contributed by atoms with Crippen molar-refractivity contribution in [3.8, 4) is 0 Å². The van der Waals surface area contributed by atoms with Crippen molar-refractivity contribution in [2.24, 2.45) is 0 Å². The van der Waals surface area contributed by atoms with Crippen LogP contribution in [0.5, 0.6) is 0 Å². The predicted octanol–water partition coefficient (Wildman–Crippen LogP) is 3.88. The zero-order valence-electron chi connectivity index (χ0n) is 11.3.